The third kappa shape index (κ3) is 6.53. The molecule has 0 saturated carbocycles. The third-order valence-corrected chi connectivity index (χ3v) is 3.07. The van der Waals surface area contributed by atoms with Crippen molar-refractivity contribution in [3.63, 3.8) is 0 Å². The smallest absolute Gasteiger partial charge is 0.322 e. The van der Waals surface area contributed by atoms with Crippen LogP contribution >= 0.6 is 0 Å². The summed E-state index contributed by atoms with van der Waals surface area (Å²) >= 11 is 0. The molecule has 118 valence electrons. The molecule has 0 bridgehead atoms. The van der Waals surface area contributed by atoms with Gasteiger partial charge in [0.1, 0.15) is 12.1 Å². The lowest BCUT2D eigenvalue weighted by Crippen LogP contribution is -2.53. The zero-order valence-electron chi connectivity index (χ0n) is 14.3. The maximum absolute atomic E-state index is 11.7. The molecule has 0 fully saturated rings. The first kappa shape index (κ1) is 19.1. The quantitative estimate of drug-likeness (QED) is 0.602. The van der Waals surface area contributed by atoms with E-state index >= 15 is 0 Å². The predicted octanol–water partition coefficient (Wildman–Crippen LogP) is 2.62. The molecular formula is C16H32N2O2. The Morgan fingerprint density at radius 1 is 1.15 bits per heavy atom. The molecule has 0 amide bonds. The minimum atomic E-state index is -0.615. The van der Waals surface area contributed by atoms with Crippen molar-refractivity contribution < 1.29 is 9.53 Å². The molecule has 0 radical (unpaired) electrons. The molecule has 0 spiro atoms. The average Bonchev–Trinajstić information content (AvgIpc) is 2.21. The molecule has 0 aliphatic heterocycles. The van der Waals surface area contributed by atoms with E-state index in [1.807, 2.05) is 6.92 Å². The summed E-state index contributed by atoms with van der Waals surface area (Å²) in [4.78, 5) is 11.7. The average molecular weight is 284 g/mol. The number of hydrogen-bond donors (Lipinski definition) is 2. The summed E-state index contributed by atoms with van der Waals surface area (Å²) in [7, 11) is 0. The van der Waals surface area contributed by atoms with Gasteiger partial charge in [-0.2, -0.15) is 0 Å². The van der Waals surface area contributed by atoms with Crippen molar-refractivity contribution in [2.45, 2.75) is 79.1 Å². The van der Waals surface area contributed by atoms with Crippen LogP contribution in [-0.2, 0) is 9.53 Å². The SMILES string of the molecule is C=C(C(NC(C)(C)C)C(C)OC(=O)C(C)N)C(C)(C)C. The van der Waals surface area contributed by atoms with Crippen LogP contribution in [0.25, 0.3) is 0 Å². The van der Waals surface area contributed by atoms with E-state index in [2.05, 4.69) is 53.4 Å². The van der Waals surface area contributed by atoms with Gasteiger partial charge in [-0.1, -0.05) is 32.9 Å². The van der Waals surface area contributed by atoms with Crippen LogP contribution in [0.15, 0.2) is 12.2 Å². The Hall–Kier alpha value is -0.870. The lowest BCUT2D eigenvalue weighted by atomic mass is 9.80. The number of carbonyl (C=O) groups excluding carboxylic acids is 1. The monoisotopic (exact) mass is 284 g/mol. The van der Waals surface area contributed by atoms with Crippen molar-refractivity contribution in [1.29, 1.82) is 0 Å². The van der Waals surface area contributed by atoms with Crippen molar-refractivity contribution in [2.24, 2.45) is 11.1 Å². The second-order valence-corrected chi connectivity index (χ2v) is 7.58. The zero-order chi connectivity index (χ0) is 16.3. The summed E-state index contributed by atoms with van der Waals surface area (Å²) in [6.45, 7) is 20.2. The van der Waals surface area contributed by atoms with Crippen molar-refractivity contribution >= 4 is 5.97 Å². The number of nitrogens with two attached hydrogens (primary N) is 1. The van der Waals surface area contributed by atoms with Gasteiger partial charge in [0.25, 0.3) is 0 Å². The van der Waals surface area contributed by atoms with Crippen LogP contribution in [0.4, 0.5) is 0 Å². The molecule has 0 aliphatic rings. The molecule has 3 N–H and O–H groups in total. The molecule has 4 heteroatoms. The number of rotatable bonds is 5. The molecule has 0 aliphatic carbocycles. The van der Waals surface area contributed by atoms with Crippen molar-refractivity contribution in [2.75, 3.05) is 0 Å². The molecule has 0 heterocycles. The number of ether oxygens (including phenoxy) is 1. The van der Waals surface area contributed by atoms with Crippen LogP contribution in [0.1, 0.15) is 55.4 Å². The van der Waals surface area contributed by atoms with Crippen LogP contribution in [0.3, 0.4) is 0 Å². The van der Waals surface area contributed by atoms with E-state index in [0.717, 1.165) is 5.57 Å². The third-order valence-electron chi connectivity index (χ3n) is 3.07. The van der Waals surface area contributed by atoms with E-state index in [9.17, 15) is 4.79 Å². The van der Waals surface area contributed by atoms with E-state index in [4.69, 9.17) is 10.5 Å². The number of esters is 1. The van der Waals surface area contributed by atoms with Gasteiger partial charge in [-0.3, -0.25) is 4.79 Å². The Morgan fingerprint density at radius 2 is 1.60 bits per heavy atom. The summed E-state index contributed by atoms with van der Waals surface area (Å²) < 4.78 is 5.45. The highest BCUT2D eigenvalue weighted by molar-refractivity contribution is 5.75. The summed E-state index contributed by atoms with van der Waals surface area (Å²) in [6.07, 6.45) is -0.320. The molecule has 20 heavy (non-hydrogen) atoms. The molecular weight excluding hydrogens is 252 g/mol. The fraction of sp³-hybridized carbons (Fsp3) is 0.812. The summed E-state index contributed by atoms with van der Waals surface area (Å²) in [5.74, 6) is -0.389. The fourth-order valence-corrected chi connectivity index (χ4v) is 1.78. The maximum Gasteiger partial charge on any atom is 0.322 e. The van der Waals surface area contributed by atoms with Gasteiger partial charge in [0, 0.05) is 5.54 Å². The van der Waals surface area contributed by atoms with Crippen LogP contribution < -0.4 is 11.1 Å². The fourth-order valence-electron chi connectivity index (χ4n) is 1.78. The van der Waals surface area contributed by atoms with Crippen molar-refractivity contribution in [3.05, 3.63) is 12.2 Å². The molecule has 0 aromatic heterocycles. The summed E-state index contributed by atoms with van der Waals surface area (Å²) in [6, 6.07) is -0.728. The lowest BCUT2D eigenvalue weighted by molar-refractivity contribution is -0.150. The van der Waals surface area contributed by atoms with Crippen LogP contribution in [0, 0.1) is 5.41 Å². The van der Waals surface area contributed by atoms with Gasteiger partial charge in [-0.05, 0) is 40.0 Å². The molecule has 0 rings (SSSR count). The number of nitrogens with one attached hydrogen (secondary N) is 1. The van der Waals surface area contributed by atoms with Gasteiger partial charge < -0.3 is 15.8 Å². The van der Waals surface area contributed by atoms with Crippen molar-refractivity contribution in [3.8, 4) is 0 Å². The van der Waals surface area contributed by atoms with E-state index in [-0.39, 0.29) is 29.1 Å². The first-order valence-electron chi connectivity index (χ1n) is 7.18. The molecule has 0 aromatic carbocycles. The van der Waals surface area contributed by atoms with Gasteiger partial charge >= 0.3 is 5.97 Å². The van der Waals surface area contributed by atoms with Gasteiger partial charge in [-0.15, -0.1) is 0 Å². The molecule has 4 nitrogen and oxygen atoms in total. The Kier molecular flexibility index (Phi) is 6.43. The van der Waals surface area contributed by atoms with E-state index in [0.29, 0.717) is 0 Å². The number of carbonyl (C=O) groups is 1. The first-order chi connectivity index (χ1) is 8.75. The molecule has 0 saturated heterocycles. The second-order valence-electron chi connectivity index (χ2n) is 7.58. The van der Waals surface area contributed by atoms with Gasteiger partial charge in [0.2, 0.25) is 0 Å². The molecule has 3 atom stereocenters. The van der Waals surface area contributed by atoms with E-state index < -0.39 is 6.04 Å². The largest absolute Gasteiger partial charge is 0.460 e. The van der Waals surface area contributed by atoms with Gasteiger partial charge in [-0.25, -0.2) is 0 Å². The molecule has 0 aromatic rings. The number of hydrogen-bond acceptors (Lipinski definition) is 4. The summed E-state index contributed by atoms with van der Waals surface area (Å²) in [5.41, 5.74) is 6.39. The van der Waals surface area contributed by atoms with Crippen LogP contribution in [-0.4, -0.2) is 29.7 Å². The maximum atomic E-state index is 11.7. The van der Waals surface area contributed by atoms with Gasteiger partial charge in [0.05, 0.1) is 6.04 Å². The Morgan fingerprint density at radius 3 is 1.90 bits per heavy atom. The summed E-state index contributed by atoms with van der Waals surface area (Å²) in [5, 5.41) is 3.49. The molecule has 3 unspecified atom stereocenters. The zero-order valence-corrected chi connectivity index (χ0v) is 14.3. The Balaban J connectivity index is 5.12. The van der Waals surface area contributed by atoms with Crippen molar-refractivity contribution in [1.82, 2.24) is 5.32 Å². The minimum absolute atomic E-state index is 0.0715. The van der Waals surface area contributed by atoms with E-state index in [1.54, 1.807) is 6.92 Å². The van der Waals surface area contributed by atoms with E-state index in [1.165, 1.54) is 0 Å². The van der Waals surface area contributed by atoms with Crippen LogP contribution in [0.2, 0.25) is 0 Å². The Bertz CT molecular complexity index is 348. The predicted molar refractivity (Wildman–Crippen MR) is 84.5 cm³/mol. The highest BCUT2D eigenvalue weighted by Gasteiger charge is 2.32. The first-order valence-corrected chi connectivity index (χ1v) is 7.18. The normalized spacial score (nSPS) is 17.2. The van der Waals surface area contributed by atoms with Gasteiger partial charge in [0.15, 0.2) is 0 Å². The highest BCUT2D eigenvalue weighted by atomic mass is 16.5. The standard InChI is InChI=1S/C16H32N2O2/c1-10(15(4,5)6)13(18-16(7,8)9)12(3)20-14(19)11(2)17/h11-13,18H,1,17H2,2-9H3. The Labute approximate surface area is 124 Å². The second kappa shape index (κ2) is 6.72. The topological polar surface area (TPSA) is 64.3 Å². The minimum Gasteiger partial charge on any atom is -0.460 e. The lowest BCUT2D eigenvalue weighted by Gasteiger charge is -2.38. The van der Waals surface area contributed by atoms with Crippen LogP contribution in [0.5, 0.6) is 0 Å². The highest BCUT2D eigenvalue weighted by Crippen LogP contribution is 2.29.